The molecular weight excluding hydrogens is 419 g/mol. The zero-order valence-corrected chi connectivity index (χ0v) is 18.5. The van der Waals surface area contributed by atoms with Crippen LogP contribution in [-0.4, -0.2) is 18.7 Å². The molecule has 0 bridgehead atoms. The van der Waals surface area contributed by atoms with Crippen LogP contribution >= 0.6 is 23.2 Å². The predicted octanol–water partition coefficient (Wildman–Crippen LogP) is 6.69. The highest BCUT2D eigenvalue weighted by molar-refractivity contribution is 6.31. The highest BCUT2D eigenvalue weighted by atomic mass is 35.5. The Morgan fingerprint density at radius 1 is 1.00 bits per heavy atom. The number of hydrogen-bond donors (Lipinski definition) is 1. The van der Waals surface area contributed by atoms with Gasteiger partial charge in [-0.15, -0.1) is 0 Å². The molecular formula is C24H22Cl2N2O2. The Morgan fingerprint density at radius 3 is 2.53 bits per heavy atom. The molecule has 6 heteroatoms. The lowest BCUT2D eigenvalue weighted by atomic mass is 10.1. The molecule has 0 heterocycles. The Labute approximate surface area is 186 Å². The smallest absolute Gasteiger partial charge is 0.262 e. The van der Waals surface area contributed by atoms with Crippen LogP contribution in [0.4, 0.5) is 11.4 Å². The Balaban J connectivity index is 1.71. The number of hydrogen-bond acceptors (Lipinski definition) is 3. The monoisotopic (exact) mass is 440 g/mol. The molecule has 0 aliphatic rings. The molecule has 0 atom stereocenters. The molecule has 0 fully saturated rings. The summed E-state index contributed by atoms with van der Waals surface area (Å²) in [5.41, 5.74) is 5.37. The number of amides is 1. The number of ether oxygens (including phenoxy) is 1. The van der Waals surface area contributed by atoms with Gasteiger partial charge in [-0.2, -0.15) is 0 Å². The van der Waals surface area contributed by atoms with Crippen LogP contribution < -0.4 is 10.1 Å². The van der Waals surface area contributed by atoms with E-state index < -0.39 is 0 Å². The number of aryl methyl sites for hydroxylation is 3. The van der Waals surface area contributed by atoms with Crippen LogP contribution in [0.1, 0.15) is 22.3 Å². The molecule has 0 spiro atoms. The van der Waals surface area contributed by atoms with Gasteiger partial charge < -0.3 is 10.1 Å². The highest BCUT2D eigenvalue weighted by Gasteiger charge is 2.09. The van der Waals surface area contributed by atoms with Gasteiger partial charge in [0.2, 0.25) is 0 Å². The van der Waals surface area contributed by atoms with Gasteiger partial charge >= 0.3 is 0 Å². The van der Waals surface area contributed by atoms with E-state index in [-0.39, 0.29) is 12.5 Å². The third kappa shape index (κ3) is 5.85. The average molecular weight is 441 g/mol. The van der Waals surface area contributed by atoms with Gasteiger partial charge in [-0.05, 0) is 68.3 Å². The molecule has 1 N–H and O–H groups in total. The zero-order chi connectivity index (χ0) is 21.7. The molecule has 0 aliphatic heterocycles. The van der Waals surface area contributed by atoms with Crippen molar-refractivity contribution < 1.29 is 9.53 Å². The zero-order valence-electron chi connectivity index (χ0n) is 17.0. The lowest BCUT2D eigenvalue weighted by Gasteiger charge is -2.11. The van der Waals surface area contributed by atoms with E-state index >= 15 is 0 Å². The lowest BCUT2D eigenvalue weighted by molar-refractivity contribution is -0.118. The maximum Gasteiger partial charge on any atom is 0.262 e. The number of anilines is 1. The van der Waals surface area contributed by atoms with E-state index in [0.717, 1.165) is 16.8 Å². The Bertz CT molecular complexity index is 1110. The van der Waals surface area contributed by atoms with Gasteiger partial charge in [0.1, 0.15) is 5.75 Å². The standard InChI is InChI=1S/C24H22Cl2N2O2/c1-15-4-8-22(17(3)10-15)27-13-18-11-19(25)6-9-23(18)30-14-24(29)28-20-7-5-16(2)21(26)12-20/h4-13H,14H2,1-3H3,(H,28,29). The molecule has 0 saturated carbocycles. The van der Waals surface area contributed by atoms with Gasteiger partial charge in [0, 0.05) is 27.5 Å². The first-order chi connectivity index (χ1) is 14.3. The number of benzene rings is 3. The van der Waals surface area contributed by atoms with E-state index in [1.807, 2.05) is 39.0 Å². The van der Waals surface area contributed by atoms with Crippen LogP contribution in [0.25, 0.3) is 0 Å². The molecule has 3 aromatic rings. The fourth-order valence-corrected chi connectivity index (χ4v) is 3.21. The number of carbonyl (C=O) groups is 1. The van der Waals surface area contributed by atoms with Crippen molar-refractivity contribution in [1.29, 1.82) is 0 Å². The van der Waals surface area contributed by atoms with E-state index in [4.69, 9.17) is 27.9 Å². The first kappa shape index (κ1) is 21.9. The molecule has 0 aromatic heterocycles. The van der Waals surface area contributed by atoms with Gasteiger partial charge in [-0.25, -0.2) is 0 Å². The quantitative estimate of drug-likeness (QED) is 0.434. The normalized spacial score (nSPS) is 11.0. The summed E-state index contributed by atoms with van der Waals surface area (Å²) in [5, 5.41) is 3.93. The molecule has 154 valence electrons. The molecule has 4 nitrogen and oxygen atoms in total. The molecule has 0 radical (unpaired) electrons. The van der Waals surface area contributed by atoms with Gasteiger partial charge in [0.05, 0.1) is 5.69 Å². The van der Waals surface area contributed by atoms with Crippen LogP contribution in [0, 0.1) is 20.8 Å². The highest BCUT2D eigenvalue weighted by Crippen LogP contribution is 2.24. The molecule has 0 unspecified atom stereocenters. The van der Waals surface area contributed by atoms with Crippen molar-refractivity contribution in [2.45, 2.75) is 20.8 Å². The summed E-state index contributed by atoms with van der Waals surface area (Å²) in [5.74, 6) is 0.229. The van der Waals surface area contributed by atoms with E-state index in [1.54, 1.807) is 36.5 Å². The summed E-state index contributed by atoms with van der Waals surface area (Å²) in [6, 6.07) is 16.6. The van der Waals surface area contributed by atoms with E-state index in [0.29, 0.717) is 27.0 Å². The van der Waals surface area contributed by atoms with Crippen molar-refractivity contribution in [2.24, 2.45) is 4.99 Å². The second-order valence-corrected chi connectivity index (χ2v) is 7.87. The molecule has 1 amide bonds. The Hall–Kier alpha value is -2.82. The van der Waals surface area contributed by atoms with Crippen LogP contribution in [0.15, 0.2) is 59.6 Å². The van der Waals surface area contributed by atoms with Crippen molar-refractivity contribution in [2.75, 3.05) is 11.9 Å². The number of halogens is 2. The molecule has 3 aromatic carbocycles. The van der Waals surface area contributed by atoms with E-state index in [9.17, 15) is 4.79 Å². The van der Waals surface area contributed by atoms with Crippen LogP contribution in [0.5, 0.6) is 5.75 Å². The van der Waals surface area contributed by atoms with Crippen LogP contribution in [0.3, 0.4) is 0 Å². The van der Waals surface area contributed by atoms with Crippen LogP contribution in [-0.2, 0) is 4.79 Å². The van der Waals surface area contributed by atoms with Crippen molar-refractivity contribution >= 4 is 46.7 Å². The summed E-state index contributed by atoms with van der Waals surface area (Å²) in [6.45, 7) is 5.80. The average Bonchev–Trinajstić information content (AvgIpc) is 2.69. The second-order valence-electron chi connectivity index (χ2n) is 7.03. The summed E-state index contributed by atoms with van der Waals surface area (Å²) < 4.78 is 5.72. The van der Waals surface area contributed by atoms with E-state index in [2.05, 4.69) is 16.4 Å². The minimum Gasteiger partial charge on any atom is -0.483 e. The number of nitrogens with zero attached hydrogens (tertiary/aromatic N) is 1. The van der Waals surface area contributed by atoms with Gasteiger partial charge in [-0.3, -0.25) is 9.79 Å². The summed E-state index contributed by atoms with van der Waals surface area (Å²) in [6.07, 6.45) is 1.69. The third-order valence-electron chi connectivity index (χ3n) is 4.48. The molecule has 0 aliphatic carbocycles. The SMILES string of the molecule is Cc1ccc(N=Cc2cc(Cl)ccc2OCC(=O)Nc2ccc(C)c(Cl)c2)c(C)c1. The second kappa shape index (κ2) is 9.79. The minimum atomic E-state index is -0.290. The van der Waals surface area contributed by atoms with E-state index in [1.165, 1.54) is 5.56 Å². The van der Waals surface area contributed by atoms with Crippen molar-refractivity contribution in [3.8, 4) is 5.75 Å². The molecule has 3 rings (SSSR count). The number of rotatable bonds is 6. The topological polar surface area (TPSA) is 50.7 Å². The van der Waals surface area contributed by atoms with Gasteiger partial charge in [0.15, 0.2) is 6.61 Å². The summed E-state index contributed by atoms with van der Waals surface area (Å²) in [4.78, 5) is 16.8. The first-order valence-electron chi connectivity index (χ1n) is 9.41. The lowest BCUT2D eigenvalue weighted by Crippen LogP contribution is -2.20. The predicted molar refractivity (Wildman–Crippen MR) is 125 cm³/mol. The Morgan fingerprint density at radius 2 is 1.80 bits per heavy atom. The molecule has 0 saturated heterocycles. The van der Waals surface area contributed by atoms with Crippen LogP contribution in [0.2, 0.25) is 10.0 Å². The summed E-state index contributed by atoms with van der Waals surface area (Å²) >= 11 is 12.2. The first-order valence-corrected chi connectivity index (χ1v) is 10.2. The largest absolute Gasteiger partial charge is 0.483 e. The number of carbonyl (C=O) groups excluding carboxylic acids is 1. The molecule has 30 heavy (non-hydrogen) atoms. The van der Waals surface area contributed by atoms with Gasteiger partial charge in [-0.1, -0.05) is 47.0 Å². The maximum absolute atomic E-state index is 12.3. The third-order valence-corrected chi connectivity index (χ3v) is 5.12. The summed E-state index contributed by atoms with van der Waals surface area (Å²) in [7, 11) is 0. The maximum atomic E-state index is 12.3. The minimum absolute atomic E-state index is 0.155. The fourth-order valence-electron chi connectivity index (χ4n) is 2.85. The fraction of sp³-hybridized carbons (Fsp3) is 0.167. The Kier molecular flexibility index (Phi) is 7.14. The number of nitrogens with one attached hydrogen (secondary N) is 1. The van der Waals surface area contributed by atoms with Crippen molar-refractivity contribution in [3.63, 3.8) is 0 Å². The van der Waals surface area contributed by atoms with Crippen molar-refractivity contribution in [3.05, 3.63) is 86.9 Å². The van der Waals surface area contributed by atoms with Crippen molar-refractivity contribution in [1.82, 2.24) is 0 Å². The van der Waals surface area contributed by atoms with Gasteiger partial charge in [0.25, 0.3) is 5.91 Å². The number of aliphatic imine (C=N–C) groups is 1.